The molecule has 0 spiro atoms. The minimum Gasteiger partial charge on any atom is -0.474 e. The van der Waals surface area contributed by atoms with E-state index in [1.165, 1.54) is 0 Å². The van der Waals surface area contributed by atoms with Gasteiger partial charge in [0.1, 0.15) is 17.4 Å². The van der Waals surface area contributed by atoms with Crippen molar-refractivity contribution in [2.75, 3.05) is 37.7 Å². The van der Waals surface area contributed by atoms with Crippen LogP contribution in [-0.2, 0) is 14.9 Å². The van der Waals surface area contributed by atoms with Gasteiger partial charge in [0.15, 0.2) is 5.82 Å². The van der Waals surface area contributed by atoms with Crippen LogP contribution in [0.15, 0.2) is 10.8 Å². The maximum Gasteiger partial charge on any atom is 0.300 e. The van der Waals surface area contributed by atoms with Crippen LogP contribution < -0.4 is 14.2 Å². The Balaban J connectivity index is 2.61. The van der Waals surface area contributed by atoms with E-state index in [4.69, 9.17) is 14.6 Å². The van der Waals surface area contributed by atoms with Crippen molar-refractivity contribution in [3.8, 4) is 5.88 Å². The Morgan fingerprint density at radius 3 is 2.77 bits per heavy atom. The van der Waals surface area contributed by atoms with E-state index in [9.17, 15) is 8.42 Å². The third-order valence-corrected chi connectivity index (χ3v) is 3.97. The van der Waals surface area contributed by atoms with Crippen molar-refractivity contribution in [3.63, 3.8) is 0 Å². The van der Waals surface area contributed by atoms with Crippen molar-refractivity contribution in [2.45, 2.75) is 13.3 Å². The number of aliphatic hydroxyl groups excluding tert-OH is 1. The topological polar surface area (TPSA) is 123 Å². The molecule has 1 aromatic rings. The lowest BCUT2D eigenvalue weighted by Gasteiger charge is -2.12. The maximum atomic E-state index is 11.9. The summed E-state index contributed by atoms with van der Waals surface area (Å²) in [5, 5.41) is 8.72. The Hall–Kier alpha value is -1.01. The van der Waals surface area contributed by atoms with Gasteiger partial charge < -0.3 is 14.6 Å². The first kappa shape index (κ1) is 19.0. The molecule has 0 saturated heterocycles. The number of rotatable bonds is 11. The number of hydrogen-bond acceptors (Lipinski definition) is 7. The minimum absolute atomic E-state index is 0.0323. The first-order valence-corrected chi connectivity index (χ1v) is 8.87. The summed E-state index contributed by atoms with van der Waals surface area (Å²) in [6.45, 7) is 2.83. The average molecular weight is 399 g/mol. The molecule has 0 atom stereocenters. The smallest absolute Gasteiger partial charge is 0.300 e. The largest absolute Gasteiger partial charge is 0.474 e. The number of aliphatic hydroxyl groups is 1. The van der Waals surface area contributed by atoms with Gasteiger partial charge in [-0.2, -0.15) is 13.1 Å². The summed E-state index contributed by atoms with van der Waals surface area (Å²) >= 11 is 3.16. The fourth-order valence-electron chi connectivity index (χ4n) is 1.33. The molecule has 0 fully saturated rings. The van der Waals surface area contributed by atoms with Gasteiger partial charge in [0.2, 0.25) is 5.88 Å². The number of aromatic nitrogens is 2. The highest BCUT2D eigenvalue weighted by Gasteiger charge is 2.16. The quantitative estimate of drug-likeness (QED) is 0.457. The zero-order chi connectivity index (χ0) is 16.4. The van der Waals surface area contributed by atoms with Gasteiger partial charge in [-0.1, -0.05) is 6.92 Å². The molecule has 0 bridgehead atoms. The monoisotopic (exact) mass is 398 g/mol. The molecule has 0 saturated carbocycles. The molecule has 0 aliphatic heterocycles. The molecule has 0 aromatic carbocycles. The lowest BCUT2D eigenvalue weighted by Crippen LogP contribution is -2.33. The lowest BCUT2D eigenvalue weighted by atomic mass is 10.5. The molecule has 0 radical (unpaired) electrons. The molecule has 1 rings (SSSR count). The van der Waals surface area contributed by atoms with E-state index in [1.54, 1.807) is 0 Å². The standard InChI is InChI=1S/C11H19BrN4O5S/c1-2-5-20-6-3-15-22(18,19)16-10-9(12)11(14-8-13-10)21-7-4-17/h8,15,17H,2-7H2,1H3,(H,13,14,16). The van der Waals surface area contributed by atoms with Crippen LogP contribution in [0.1, 0.15) is 13.3 Å². The van der Waals surface area contributed by atoms with Crippen LogP contribution in [-0.4, -0.2) is 56.5 Å². The van der Waals surface area contributed by atoms with Crippen molar-refractivity contribution in [1.29, 1.82) is 0 Å². The predicted octanol–water partition coefficient (Wildman–Crippen LogP) is 0.283. The Bertz CT molecular complexity index is 557. The van der Waals surface area contributed by atoms with E-state index in [2.05, 4.69) is 35.3 Å². The third-order valence-electron chi connectivity index (χ3n) is 2.21. The van der Waals surface area contributed by atoms with Crippen LogP contribution in [0.5, 0.6) is 5.88 Å². The summed E-state index contributed by atoms with van der Waals surface area (Å²) in [5.74, 6) is 0.165. The number of ether oxygens (including phenoxy) is 2. The second kappa shape index (κ2) is 9.90. The summed E-state index contributed by atoms with van der Waals surface area (Å²) in [7, 11) is -3.79. The Kier molecular flexibility index (Phi) is 8.56. The number of halogens is 1. The summed E-state index contributed by atoms with van der Waals surface area (Å²) in [6, 6.07) is 0. The van der Waals surface area contributed by atoms with Gasteiger partial charge >= 0.3 is 0 Å². The third kappa shape index (κ3) is 6.83. The van der Waals surface area contributed by atoms with E-state index in [1.807, 2.05) is 6.92 Å². The summed E-state index contributed by atoms with van der Waals surface area (Å²) < 4.78 is 38.9. The van der Waals surface area contributed by atoms with Crippen molar-refractivity contribution in [3.05, 3.63) is 10.8 Å². The lowest BCUT2D eigenvalue weighted by molar-refractivity contribution is 0.140. The van der Waals surface area contributed by atoms with Crippen LogP contribution in [0, 0.1) is 0 Å². The van der Waals surface area contributed by atoms with E-state index in [-0.39, 0.29) is 42.5 Å². The fraction of sp³-hybridized carbons (Fsp3) is 0.636. The second-order valence-electron chi connectivity index (χ2n) is 4.03. The molecule has 0 aliphatic carbocycles. The van der Waals surface area contributed by atoms with Gasteiger partial charge in [0.25, 0.3) is 10.2 Å². The van der Waals surface area contributed by atoms with Gasteiger partial charge in [-0.05, 0) is 22.4 Å². The maximum absolute atomic E-state index is 11.9. The molecule has 1 heterocycles. The van der Waals surface area contributed by atoms with Gasteiger partial charge in [0.05, 0.1) is 13.2 Å². The van der Waals surface area contributed by atoms with Gasteiger partial charge in [-0.25, -0.2) is 9.97 Å². The molecule has 0 amide bonds. The number of hydrogen-bond donors (Lipinski definition) is 3. The Labute approximate surface area is 137 Å². The fourth-order valence-corrected chi connectivity index (χ4v) is 2.71. The molecule has 3 N–H and O–H groups in total. The van der Waals surface area contributed by atoms with Crippen LogP contribution in [0.25, 0.3) is 0 Å². The van der Waals surface area contributed by atoms with E-state index in [0.29, 0.717) is 6.61 Å². The van der Waals surface area contributed by atoms with Gasteiger partial charge in [-0.15, -0.1) is 0 Å². The SMILES string of the molecule is CCCOCCNS(=O)(=O)Nc1ncnc(OCCO)c1Br. The number of nitrogens with one attached hydrogen (secondary N) is 2. The highest BCUT2D eigenvalue weighted by atomic mass is 79.9. The van der Waals surface area contributed by atoms with Crippen molar-refractivity contribution in [2.24, 2.45) is 0 Å². The predicted molar refractivity (Wildman–Crippen MR) is 84.0 cm³/mol. The molecule has 1 aromatic heterocycles. The summed E-state index contributed by atoms with van der Waals surface area (Å²) in [4.78, 5) is 7.66. The Morgan fingerprint density at radius 1 is 1.32 bits per heavy atom. The van der Waals surface area contributed by atoms with E-state index in [0.717, 1.165) is 12.7 Å². The number of anilines is 1. The number of nitrogens with zero attached hydrogens (tertiary/aromatic N) is 2. The van der Waals surface area contributed by atoms with E-state index < -0.39 is 10.2 Å². The minimum atomic E-state index is -3.79. The van der Waals surface area contributed by atoms with Crippen molar-refractivity contribution < 1.29 is 23.0 Å². The molecular formula is C11H19BrN4O5S. The summed E-state index contributed by atoms with van der Waals surface area (Å²) in [5.41, 5.74) is 0. The highest BCUT2D eigenvalue weighted by Crippen LogP contribution is 2.28. The van der Waals surface area contributed by atoms with Crippen LogP contribution >= 0.6 is 15.9 Å². The zero-order valence-electron chi connectivity index (χ0n) is 12.1. The first-order chi connectivity index (χ1) is 10.5. The molecule has 9 nitrogen and oxygen atoms in total. The second-order valence-corrected chi connectivity index (χ2v) is 6.32. The van der Waals surface area contributed by atoms with Crippen molar-refractivity contribution in [1.82, 2.24) is 14.7 Å². The average Bonchev–Trinajstić information content (AvgIpc) is 2.48. The van der Waals surface area contributed by atoms with Crippen LogP contribution in [0.2, 0.25) is 0 Å². The van der Waals surface area contributed by atoms with Crippen LogP contribution in [0.3, 0.4) is 0 Å². The molecule has 11 heteroatoms. The van der Waals surface area contributed by atoms with E-state index >= 15 is 0 Å². The van der Waals surface area contributed by atoms with Crippen molar-refractivity contribution >= 4 is 32.0 Å². The highest BCUT2D eigenvalue weighted by molar-refractivity contribution is 9.10. The molecule has 22 heavy (non-hydrogen) atoms. The van der Waals surface area contributed by atoms with Crippen LogP contribution in [0.4, 0.5) is 5.82 Å². The first-order valence-electron chi connectivity index (χ1n) is 6.59. The Morgan fingerprint density at radius 2 is 2.09 bits per heavy atom. The molecule has 126 valence electrons. The normalized spacial score (nSPS) is 11.4. The molecular weight excluding hydrogens is 380 g/mol. The van der Waals surface area contributed by atoms with Gasteiger partial charge in [-0.3, -0.25) is 4.72 Å². The summed E-state index contributed by atoms with van der Waals surface area (Å²) in [6.07, 6.45) is 2.02. The molecule has 0 aliphatic rings. The zero-order valence-corrected chi connectivity index (χ0v) is 14.5. The van der Waals surface area contributed by atoms with Gasteiger partial charge in [0, 0.05) is 13.2 Å². The molecule has 0 unspecified atom stereocenters.